The molecule has 4 heterocycles. The molecule has 0 aromatic carbocycles. The Hall–Kier alpha value is -2.67. The van der Waals surface area contributed by atoms with Gasteiger partial charge in [-0.25, -0.2) is 4.98 Å². The Morgan fingerprint density at radius 3 is 2.65 bits per heavy atom. The fourth-order valence-corrected chi connectivity index (χ4v) is 5.01. The standard InChI is InChI=1S/C24H33N5O2/c1-4-17-5-6-20(27-23(17)30)18-7-10-29(15-18)19-8-11-28(12-9-19)22-14-26-21(13-16(22)2)24(31)25-3/h5-6,13-14,18-19H,4,7-12,15H2,1-3H3,(H,25,31)(H,27,30). The third-order valence-electron chi connectivity index (χ3n) is 6.92. The van der Waals surface area contributed by atoms with Gasteiger partial charge in [0.2, 0.25) is 0 Å². The number of nitrogens with one attached hydrogen (secondary N) is 2. The molecule has 166 valence electrons. The van der Waals surface area contributed by atoms with E-state index in [4.69, 9.17) is 0 Å². The molecule has 2 fully saturated rings. The molecule has 1 unspecified atom stereocenters. The highest BCUT2D eigenvalue weighted by Crippen LogP contribution is 2.31. The van der Waals surface area contributed by atoms with E-state index in [1.807, 2.05) is 32.2 Å². The van der Waals surface area contributed by atoms with Crippen molar-refractivity contribution in [2.24, 2.45) is 0 Å². The van der Waals surface area contributed by atoms with Crippen LogP contribution in [-0.2, 0) is 6.42 Å². The van der Waals surface area contributed by atoms with Crippen LogP contribution in [-0.4, -0.2) is 60.0 Å². The lowest BCUT2D eigenvalue weighted by atomic mass is 10.0. The molecular formula is C24H33N5O2. The number of hydrogen-bond donors (Lipinski definition) is 2. The van der Waals surface area contributed by atoms with Crippen molar-refractivity contribution in [2.75, 3.05) is 38.1 Å². The van der Waals surface area contributed by atoms with Crippen LogP contribution in [0, 0.1) is 6.92 Å². The maximum Gasteiger partial charge on any atom is 0.269 e. The maximum atomic E-state index is 12.2. The number of amides is 1. The third kappa shape index (κ3) is 4.51. The van der Waals surface area contributed by atoms with Crippen molar-refractivity contribution in [3.63, 3.8) is 0 Å². The van der Waals surface area contributed by atoms with Gasteiger partial charge in [0.05, 0.1) is 11.9 Å². The normalized spacial score (nSPS) is 20.2. The van der Waals surface area contributed by atoms with Gasteiger partial charge in [0.1, 0.15) is 5.69 Å². The zero-order valence-corrected chi connectivity index (χ0v) is 18.8. The molecule has 0 aliphatic carbocycles. The first kappa shape index (κ1) is 21.6. The lowest BCUT2D eigenvalue weighted by molar-refractivity contribution is 0.0958. The van der Waals surface area contributed by atoms with Crippen molar-refractivity contribution in [2.45, 2.75) is 51.5 Å². The van der Waals surface area contributed by atoms with Crippen LogP contribution in [0.5, 0.6) is 0 Å². The Morgan fingerprint density at radius 2 is 2.00 bits per heavy atom. The van der Waals surface area contributed by atoms with E-state index in [0.717, 1.165) is 74.4 Å². The van der Waals surface area contributed by atoms with Crippen molar-refractivity contribution >= 4 is 11.6 Å². The van der Waals surface area contributed by atoms with E-state index in [1.165, 1.54) is 0 Å². The summed E-state index contributed by atoms with van der Waals surface area (Å²) in [7, 11) is 1.62. The molecule has 1 atom stereocenters. The first-order chi connectivity index (χ1) is 15.0. The molecule has 31 heavy (non-hydrogen) atoms. The van der Waals surface area contributed by atoms with E-state index in [0.29, 0.717) is 17.7 Å². The van der Waals surface area contributed by atoms with E-state index in [1.54, 1.807) is 7.05 Å². The van der Waals surface area contributed by atoms with Gasteiger partial charge in [-0.05, 0) is 56.8 Å². The maximum absolute atomic E-state index is 12.2. The molecule has 1 amide bonds. The van der Waals surface area contributed by atoms with E-state index >= 15 is 0 Å². The van der Waals surface area contributed by atoms with Gasteiger partial charge in [0.25, 0.3) is 11.5 Å². The number of anilines is 1. The molecule has 2 aliphatic heterocycles. The lowest BCUT2D eigenvalue weighted by Crippen LogP contribution is -2.44. The van der Waals surface area contributed by atoms with Crippen LogP contribution in [0.25, 0.3) is 0 Å². The minimum Gasteiger partial charge on any atom is -0.370 e. The molecule has 7 heteroatoms. The van der Waals surface area contributed by atoms with Crippen LogP contribution in [0.3, 0.4) is 0 Å². The molecule has 4 rings (SSSR count). The molecule has 0 radical (unpaired) electrons. The number of aromatic amines is 1. The first-order valence-corrected chi connectivity index (χ1v) is 11.4. The van der Waals surface area contributed by atoms with E-state index < -0.39 is 0 Å². The Kier molecular flexibility index (Phi) is 6.41. The number of likely N-dealkylation sites (tertiary alicyclic amines) is 1. The highest BCUT2D eigenvalue weighted by Gasteiger charge is 2.32. The van der Waals surface area contributed by atoms with Crippen LogP contribution < -0.4 is 15.8 Å². The number of rotatable bonds is 5. The molecule has 0 spiro atoms. The van der Waals surface area contributed by atoms with E-state index in [9.17, 15) is 9.59 Å². The summed E-state index contributed by atoms with van der Waals surface area (Å²) in [5.74, 6) is 0.267. The van der Waals surface area contributed by atoms with Crippen molar-refractivity contribution in [3.8, 4) is 0 Å². The Bertz CT molecular complexity index is 994. The number of aromatic nitrogens is 2. The number of carbonyl (C=O) groups is 1. The summed E-state index contributed by atoms with van der Waals surface area (Å²) in [6.45, 7) is 8.17. The van der Waals surface area contributed by atoms with Crippen LogP contribution in [0.2, 0.25) is 0 Å². The number of aryl methyl sites for hydroxylation is 2. The topological polar surface area (TPSA) is 81.3 Å². The third-order valence-corrected chi connectivity index (χ3v) is 6.92. The number of carbonyl (C=O) groups excluding carboxylic acids is 1. The Labute approximate surface area is 183 Å². The second-order valence-corrected chi connectivity index (χ2v) is 8.76. The molecule has 2 aromatic heterocycles. The van der Waals surface area contributed by atoms with Gasteiger partial charge in [0, 0.05) is 49.9 Å². The first-order valence-electron chi connectivity index (χ1n) is 11.4. The average molecular weight is 424 g/mol. The molecular weight excluding hydrogens is 390 g/mol. The predicted molar refractivity (Wildman–Crippen MR) is 123 cm³/mol. The number of pyridine rings is 2. The highest BCUT2D eigenvalue weighted by atomic mass is 16.1. The number of nitrogens with zero attached hydrogens (tertiary/aromatic N) is 3. The summed E-state index contributed by atoms with van der Waals surface area (Å²) in [4.78, 5) is 36.5. The number of piperidine rings is 1. The predicted octanol–water partition coefficient (Wildman–Crippen LogP) is 2.46. The molecule has 2 saturated heterocycles. The van der Waals surface area contributed by atoms with Gasteiger partial charge < -0.3 is 15.2 Å². The summed E-state index contributed by atoms with van der Waals surface area (Å²) in [5, 5.41) is 2.63. The minimum atomic E-state index is -0.150. The van der Waals surface area contributed by atoms with Crippen molar-refractivity contribution in [1.82, 2.24) is 20.2 Å². The van der Waals surface area contributed by atoms with E-state index in [-0.39, 0.29) is 11.5 Å². The van der Waals surface area contributed by atoms with Gasteiger partial charge in [0.15, 0.2) is 0 Å². The second kappa shape index (κ2) is 9.22. The van der Waals surface area contributed by atoms with Crippen LogP contribution in [0.15, 0.2) is 29.2 Å². The van der Waals surface area contributed by atoms with Crippen molar-refractivity contribution in [1.29, 1.82) is 0 Å². The van der Waals surface area contributed by atoms with Gasteiger partial charge in [-0.2, -0.15) is 0 Å². The van der Waals surface area contributed by atoms with Crippen LogP contribution in [0.4, 0.5) is 5.69 Å². The minimum absolute atomic E-state index is 0.0678. The zero-order chi connectivity index (χ0) is 22.0. The summed E-state index contributed by atoms with van der Waals surface area (Å²) in [6.07, 6.45) is 5.95. The van der Waals surface area contributed by atoms with Crippen LogP contribution >= 0.6 is 0 Å². The summed E-state index contributed by atoms with van der Waals surface area (Å²) in [5.41, 5.74) is 4.69. The number of H-pyrrole nitrogens is 1. The molecule has 0 saturated carbocycles. The molecule has 0 bridgehead atoms. The molecule has 7 nitrogen and oxygen atoms in total. The summed E-state index contributed by atoms with van der Waals surface area (Å²) < 4.78 is 0. The SMILES string of the molecule is CCc1ccc(C2CCN(C3CCN(c4cnc(C(=O)NC)cc4C)CC3)C2)[nH]c1=O. The fourth-order valence-electron chi connectivity index (χ4n) is 5.01. The number of hydrogen-bond acceptors (Lipinski definition) is 5. The quantitative estimate of drug-likeness (QED) is 0.772. The monoisotopic (exact) mass is 423 g/mol. The molecule has 2 aromatic rings. The van der Waals surface area contributed by atoms with Gasteiger partial charge in [-0.3, -0.25) is 14.5 Å². The van der Waals surface area contributed by atoms with Gasteiger partial charge in [-0.1, -0.05) is 13.0 Å². The zero-order valence-electron chi connectivity index (χ0n) is 18.8. The lowest BCUT2D eigenvalue weighted by Gasteiger charge is -2.38. The largest absolute Gasteiger partial charge is 0.370 e. The molecule has 2 aliphatic rings. The Balaban J connectivity index is 1.35. The van der Waals surface area contributed by atoms with Crippen LogP contribution in [0.1, 0.15) is 59.4 Å². The summed E-state index contributed by atoms with van der Waals surface area (Å²) in [6, 6.07) is 6.55. The van der Waals surface area contributed by atoms with Gasteiger partial charge >= 0.3 is 0 Å². The Morgan fingerprint density at radius 1 is 1.23 bits per heavy atom. The summed E-state index contributed by atoms with van der Waals surface area (Å²) >= 11 is 0. The van der Waals surface area contributed by atoms with E-state index in [2.05, 4.69) is 31.2 Å². The fraction of sp³-hybridized carbons (Fsp3) is 0.542. The smallest absolute Gasteiger partial charge is 0.269 e. The molecule has 2 N–H and O–H groups in total. The van der Waals surface area contributed by atoms with Gasteiger partial charge in [-0.15, -0.1) is 0 Å². The average Bonchev–Trinajstić information content (AvgIpc) is 3.29. The van der Waals surface area contributed by atoms with Crippen molar-refractivity contribution < 1.29 is 4.79 Å². The highest BCUT2D eigenvalue weighted by molar-refractivity contribution is 5.92. The van der Waals surface area contributed by atoms with Crippen molar-refractivity contribution in [3.05, 3.63) is 57.3 Å². The second-order valence-electron chi connectivity index (χ2n) is 8.76.